The van der Waals surface area contributed by atoms with Crippen LogP contribution in [-0.4, -0.2) is 28.4 Å². The summed E-state index contributed by atoms with van der Waals surface area (Å²) in [5, 5.41) is 0. The largest absolute Gasteiger partial charge is 0.369 e. The predicted molar refractivity (Wildman–Crippen MR) is 70.0 cm³/mol. The van der Waals surface area contributed by atoms with Crippen molar-refractivity contribution in [2.45, 2.75) is 25.8 Å². The number of amides is 3. The van der Waals surface area contributed by atoms with Gasteiger partial charge in [0.2, 0.25) is 5.91 Å². The maximum Gasteiger partial charge on any atom is 0.315 e. The van der Waals surface area contributed by atoms with Crippen LogP contribution in [-0.2, 0) is 4.79 Å². The molecule has 0 radical (unpaired) electrons. The van der Waals surface area contributed by atoms with Crippen molar-refractivity contribution < 1.29 is 9.59 Å². The molecule has 0 aromatic carbocycles. The summed E-state index contributed by atoms with van der Waals surface area (Å²) >= 11 is 0. The monoisotopic (exact) mass is 262 g/mol. The number of primary amides is 2. The van der Waals surface area contributed by atoms with Gasteiger partial charge in [-0.15, -0.1) is 0 Å². The Labute approximate surface area is 111 Å². The molecule has 19 heavy (non-hydrogen) atoms. The van der Waals surface area contributed by atoms with Crippen LogP contribution in [0, 0.1) is 5.92 Å². The van der Waals surface area contributed by atoms with Gasteiger partial charge in [0.1, 0.15) is 0 Å². The fraction of sp³-hybridized carbons (Fsp3) is 0.462. The van der Waals surface area contributed by atoms with Crippen LogP contribution in [0.4, 0.5) is 4.79 Å². The summed E-state index contributed by atoms with van der Waals surface area (Å²) in [6.07, 6.45) is 1.65. The van der Waals surface area contributed by atoms with Crippen LogP contribution in [0.5, 0.6) is 0 Å². The van der Waals surface area contributed by atoms with Crippen molar-refractivity contribution in [1.29, 1.82) is 0 Å². The van der Waals surface area contributed by atoms with E-state index >= 15 is 0 Å². The first-order chi connectivity index (χ1) is 8.93. The Balaban J connectivity index is 2.42. The molecule has 1 aliphatic rings. The first-order valence-electron chi connectivity index (χ1n) is 6.23. The average Bonchev–Trinajstić information content (AvgIpc) is 2.26. The summed E-state index contributed by atoms with van der Waals surface area (Å²) in [6.45, 7) is 4.34. The highest BCUT2D eigenvalue weighted by Gasteiger charge is 2.47. The number of likely N-dealkylation sites (tertiary alicyclic amines) is 1. The van der Waals surface area contributed by atoms with Gasteiger partial charge in [-0.1, -0.05) is 19.9 Å². The van der Waals surface area contributed by atoms with E-state index in [-0.39, 0.29) is 12.5 Å². The second-order valence-electron chi connectivity index (χ2n) is 5.08. The number of hydrogen-bond acceptors (Lipinski definition) is 3. The van der Waals surface area contributed by atoms with E-state index in [9.17, 15) is 9.59 Å². The number of pyridine rings is 1. The molecule has 1 aliphatic heterocycles. The zero-order valence-electron chi connectivity index (χ0n) is 11.0. The molecule has 6 nitrogen and oxygen atoms in total. The molecule has 2 atom stereocenters. The second kappa shape index (κ2) is 4.87. The molecular weight excluding hydrogens is 244 g/mol. The van der Waals surface area contributed by atoms with E-state index in [1.165, 1.54) is 4.90 Å². The van der Waals surface area contributed by atoms with Crippen molar-refractivity contribution in [3.05, 3.63) is 29.6 Å². The Hall–Kier alpha value is -2.11. The zero-order valence-corrected chi connectivity index (χ0v) is 11.0. The lowest BCUT2D eigenvalue weighted by molar-refractivity contribution is -0.129. The second-order valence-corrected chi connectivity index (χ2v) is 5.08. The van der Waals surface area contributed by atoms with Crippen molar-refractivity contribution in [3.63, 3.8) is 0 Å². The van der Waals surface area contributed by atoms with Crippen LogP contribution in [0.15, 0.2) is 18.3 Å². The number of carbonyl (C=O) groups is 2. The van der Waals surface area contributed by atoms with Crippen molar-refractivity contribution in [3.8, 4) is 0 Å². The number of hydrogen-bond donors (Lipinski definition) is 2. The van der Waals surface area contributed by atoms with Gasteiger partial charge < -0.3 is 16.4 Å². The van der Waals surface area contributed by atoms with E-state index in [1.54, 1.807) is 6.20 Å². The third-order valence-electron chi connectivity index (χ3n) is 3.53. The van der Waals surface area contributed by atoms with E-state index in [0.717, 1.165) is 5.56 Å². The summed E-state index contributed by atoms with van der Waals surface area (Å²) in [4.78, 5) is 28.6. The van der Waals surface area contributed by atoms with Crippen LogP contribution in [0.3, 0.4) is 0 Å². The third kappa shape index (κ3) is 2.25. The van der Waals surface area contributed by atoms with Crippen LogP contribution >= 0.6 is 0 Å². The highest BCUT2D eigenvalue weighted by molar-refractivity contribution is 5.83. The van der Waals surface area contributed by atoms with Gasteiger partial charge in [0.25, 0.3) is 0 Å². The molecular formula is C13H18N4O2. The van der Waals surface area contributed by atoms with Crippen molar-refractivity contribution in [1.82, 2.24) is 9.88 Å². The van der Waals surface area contributed by atoms with Crippen LogP contribution in [0.1, 0.15) is 37.1 Å². The number of nitrogens with zero attached hydrogens (tertiary/aromatic N) is 2. The number of aromatic nitrogens is 1. The Morgan fingerprint density at radius 1 is 1.42 bits per heavy atom. The average molecular weight is 262 g/mol. The summed E-state index contributed by atoms with van der Waals surface area (Å²) in [6, 6.07) is 2.80. The fourth-order valence-corrected chi connectivity index (χ4v) is 2.48. The van der Waals surface area contributed by atoms with Crippen LogP contribution in [0.2, 0.25) is 0 Å². The van der Waals surface area contributed by atoms with Gasteiger partial charge >= 0.3 is 6.03 Å². The number of urea groups is 1. The normalized spacial score (nSPS) is 22.2. The summed E-state index contributed by atoms with van der Waals surface area (Å²) in [7, 11) is 0. The third-order valence-corrected chi connectivity index (χ3v) is 3.53. The first-order valence-corrected chi connectivity index (χ1v) is 6.23. The van der Waals surface area contributed by atoms with Gasteiger partial charge in [-0.3, -0.25) is 9.78 Å². The van der Waals surface area contributed by atoms with E-state index in [0.29, 0.717) is 5.69 Å². The smallest absolute Gasteiger partial charge is 0.315 e. The Kier molecular flexibility index (Phi) is 3.42. The summed E-state index contributed by atoms with van der Waals surface area (Å²) in [5.74, 6) is -0.602. The molecule has 3 amide bonds. The van der Waals surface area contributed by atoms with Crippen molar-refractivity contribution in [2.75, 3.05) is 6.54 Å². The Morgan fingerprint density at radius 2 is 2.11 bits per heavy atom. The quantitative estimate of drug-likeness (QED) is 0.839. The van der Waals surface area contributed by atoms with Gasteiger partial charge in [0.05, 0.1) is 17.7 Å². The molecule has 6 heteroatoms. The molecule has 0 aliphatic carbocycles. The molecule has 2 heterocycles. The molecule has 1 fully saturated rings. The molecule has 0 bridgehead atoms. The minimum atomic E-state index is -0.553. The lowest BCUT2D eigenvalue weighted by atomic mass is 9.82. The molecule has 1 aromatic heterocycles. The van der Waals surface area contributed by atoms with Crippen molar-refractivity contribution >= 4 is 11.9 Å². The molecule has 1 saturated heterocycles. The van der Waals surface area contributed by atoms with Gasteiger partial charge in [0, 0.05) is 12.7 Å². The summed E-state index contributed by atoms with van der Waals surface area (Å²) < 4.78 is 0. The molecule has 2 rings (SSSR count). The van der Waals surface area contributed by atoms with Gasteiger partial charge in [-0.2, -0.15) is 0 Å². The lowest BCUT2D eigenvalue weighted by Crippen LogP contribution is -2.59. The minimum absolute atomic E-state index is 0.243. The first kappa shape index (κ1) is 13.3. The molecule has 0 spiro atoms. The van der Waals surface area contributed by atoms with Crippen LogP contribution < -0.4 is 11.5 Å². The fourth-order valence-electron chi connectivity index (χ4n) is 2.48. The minimum Gasteiger partial charge on any atom is -0.369 e. The Morgan fingerprint density at radius 3 is 2.63 bits per heavy atom. The topological polar surface area (TPSA) is 102 Å². The van der Waals surface area contributed by atoms with E-state index in [4.69, 9.17) is 11.5 Å². The van der Waals surface area contributed by atoms with Crippen molar-refractivity contribution in [2.24, 2.45) is 17.4 Å². The standard InChI is InChI=1S/C13H18N4O2/c1-7(2)8-4-3-5-16-10(8)11-9(12(14)18)6-17(11)13(15)19/h3-5,7,9,11H,6H2,1-2H3,(H2,14,18)(H2,15,19). The number of carbonyl (C=O) groups excluding carboxylic acids is 2. The van der Waals surface area contributed by atoms with Crippen LogP contribution in [0.25, 0.3) is 0 Å². The van der Waals surface area contributed by atoms with Gasteiger partial charge in [-0.25, -0.2) is 4.79 Å². The zero-order chi connectivity index (χ0) is 14.2. The molecule has 0 saturated carbocycles. The highest BCUT2D eigenvalue weighted by Crippen LogP contribution is 2.40. The van der Waals surface area contributed by atoms with Gasteiger partial charge in [-0.05, 0) is 17.5 Å². The molecule has 102 valence electrons. The SMILES string of the molecule is CC(C)c1cccnc1C1C(C(N)=O)CN1C(N)=O. The van der Waals surface area contributed by atoms with E-state index in [2.05, 4.69) is 4.98 Å². The number of rotatable bonds is 3. The van der Waals surface area contributed by atoms with Gasteiger partial charge in [0.15, 0.2) is 0 Å². The van der Waals surface area contributed by atoms with E-state index < -0.39 is 23.9 Å². The highest BCUT2D eigenvalue weighted by atomic mass is 16.2. The molecule has 1 aromatic rings. The number of nitrogens with two attached hydrogens (primary N) is 2. The lowest BCUT2D eigenvalue weighted by Gasteiger charge is -2.45. The summed E-state index contributed by atoms with van der Waals surface area (Å²) in [5.41, 5.74) is 12.4. The van der Waals surface area contributed by atoms with E-state index in [1.807, 2.05) is 26.0 Å². The predicted octanol–water partition coefficient (Wildman–Crippen LogP) is 0.742. The maximum atomic E-state index is 11.4. The maximum absolute atomic E-state index is 11.4. The molecule has 2 unspecified atom stereocenters. The Bertz CT molecular complexity index is 495. The molecule has 4 N–H and O–H groups in total.